The van der Waals surface area contributed by atoms with Gasteiger partial charge in [0.1, 0.15) is 24.0 Å². The van der Waals surface area contributed by atoms with Gasteiger partial charge in [0.2, 0.25) is 0 Å². The van der Waals surface area contributed by atoms with Crippen molar-refractivity contribution >= 4 is 29.3 Å². The zero-order valence-corrected chi connectivity index (χ0v) is 13.3. The first kappa shape index (κ1) is 17.5. The summed E-state index contributed by atoms with van der Waals surface area (Å²) in [5.41, 5.74) is 0.257. The number of esters is 1. The summed E-state index contributed by atoms with van der Waals surface area (Å²) in [5.74, 6) is 0.127. The Hall–Kier alpha value is -2.86. The molecule has 2 aromatic rings. The molecule has 0 spiro atoms. The van der Waals surface area contributed by atoms with E-state index in [0.29, 0.717) is 11.3 Å². The molecule has 2 rings (SSSR count). The third-order valence-electron chi connectivity index (χ3n) is 2.92. The van der Waals surface area contributed by atoms with Crippen molar-refractivity contribution in [3.05, 3.63) is 75.3 Å². The van der Waals surface area contributed by atoms with Crippen LogP contribution < -0.4 is 4.74 Å². The van der Waals surface area contributed by atoms with Gasteiger partial charge in [-0.2, -0.15) is 0 Å². The monoisotopic (exact) mass is 347 g/mol. The van der Waals surface area contributed by atoms with E-state index in [9.17, 15) is 14.9 Å². The third kappa shape index (κ3) is 5.40. The number of halogens is 1. The van der Waals surface area contributed by atoms with Crippen LogP contribution in [-0.2, 0) is 9.53 Å². The van der Waals surface area contributed by atoms with Gasteiger partial charge in [0.15, 0.2) is 0 Å². The molecule has 0 N–H and O–H groups in total. The molecule has 0 heterocycles. The summed E-state index contributed by atoms with van der Waals surface area (Å²) in [4.78, 5) is 21.8. The first-order valence-electron chi connectivity index (χ1n) is 7.03. The molecular weight excluding hydrogens is 334 g/mol. The average Bonchev–Trinajstić information content (AvgIpc) is 2.58. The lowest BCUT2D eigenvalue weighted by Gasteiger charge is -2.05. The van der Waals surface area contributed by atoms with Gasteiger partial charge in [-0.05, 0) is 29.8 Å². The number of nitro groups is 1. The van der Waals surface area contributed by atoms with Gasteiger partial charge in [-0.3, -0.25) is 10.1 Å². The van der Waals surface area contributed by atoms with Crippen LogP contribution in [0.1, 0.15) is 5.56 Å². The Balaban J connectivity index is 1.80. The number of carbonyl (C=O) groups is 1. The lowest BCUT2D eigenvalue weighted by atomic mass is 10.2. The highest BCUT2D eigenvalue weighted by Gasteiger charge is 2.11. The number of rotatable bonds is 7. The summed E-state index contributed by atoms with van der Waals surface area (Å²) >= 11 is 5.72. The topological polar surface area (TPSA) is 78.7 Å². The van der Waals surface area contributed by atoms with Crippen molar-refractivity contribution in [2.75, 3.05) is 13.2 Å². The van der Waals surface area contributed by atoms with E-state index < -0.39 is 10.9 Å². The van der Waals surface area contributed by atoms with Crippen LogP contribution in [0.2, 0.25) is 5.02 Å². The minimum Gasteiger partial charge on any atom is -0.490 e. The quantitative estimate of drug-likeness (QED) is 0.250. The SMILES string of the molecule is O=C(/C=C/c1ccc(Cl)c([N+](=O)[O-])c1)OCCOc1ccccc1. The summed E-state index contributed by atoms with van der Waals surface area (Å²) in [6.45, 7) is 0.328. The molecule has 7 heteroatoms. The Morgan fingerprint density at radius 3 is 2.62 bits per heavy atom. The number of nitro benzene ring substituents is 1. The van der Waals surface area contributed by atoms with Crippen LogP contribution in [0, 0.1) is 10.1 Å². The molecule has 2 aromatic carbocycles. The fourth-order valence-corrected chi connectivity index (χ4v) is 1.99. The van der Waals surface area contributed by atoms with Gasteiger partial charge < -0.3 is 9.47 Å². The van der Waals surface area contributed by atoms with Crippen LogP contribution in [0.4, 0.5) is 5.69 Å². The van der Waals surface area contributed by atoms with Crippen LogP contribution in [0.15, 0.2) is 54.6 Å². The lowest BCUT2D eigenvalue weighted by molar-refractivity contribution is -0.384. The van der Waals surface area contributed by atoms with E-state index in [2.05, 4.69) is 0 Å². The summed E-state index contributed by atoms with van der Waals surface area (Å²) < 4.78 is 10.4. The van der Waals surface area contributed by atoms with Gasteiger partial charge in [-0.1, -0.05) is 35.9 Å². The van der Waals surface area contributed by atoms with Crippen molar-refractivity contribution in [1.29, 1.82) is 0 Å². The molecule has 6 nitrogen and oxygen atoms in total. The van der Waals surface area contributed by atoms with E-state index >= 15 is 0 Å². The summed E-state index contributed by atoms with van der Waals surface area (Å²) in [6.07, 6.45) is 2.61. The molecule has 0 aliphatic rings. The standard InChI is InChI=1S/C17H14ClNO5/c18-15-8-6-13(12-16(15)19(21)22)7-9-17(20)24-11-10-23-14-4-2-1-3-5-14/h1-9,12H,10-11H2/b9-7+. The third-order valence-corrected chi connectivity index (χ3v) is 3.24. The number of nitrogens with zero attached hydrogens (tertiary/aromatic N) is 1. The van der Waals surface area contributed by atoms with E-state index in [-0.39, 0.29) is 23.9 Å². The molecule has 0 atom stereocenters. The van der Waals surface area contributed by atoms with Gasteiger partial charge >= 0.3 is 5.97 Å². The second kappa shape index (κ2) is 8.69. The Labute approximate surface area is 143 Å². The van der Waals surface area contributed by atoms with Gasteiger partial charge in [-0.25, -0.2) is 4.79 Å². The molecule has 0 saturated heterocycles. The average molecular weight is 348 g/mol. The second-order valence-corrected chi connectivity index (χ2v) is 5.04. The molecule has 0 unspecified atom stereocenters. The number of para-hydroxylation sites is 1. The minimum absolute atomic E-state index is 0.0396. The Morgan fingerprint density at radius 1 is 1.17 bits per heavy atom. The van der Waals surface area contributed by atoms with Crippen LogP contribution in [0.25, 0.3) is 6.08 Å². The molecule has 0 saturated carbocycles. The normalized spacial score (nSPS) is 10.5. The van der Waals surface area contributed by atoms with Crippen molar-refractivity contribution in [1.82, 2.24) is 0 Å². The van der Waals surface area contributed by atoms with E-state index in [1.807, 2.05) is 18.2 Å². The summed E-state index contributed by atoms with van der Waals surface area (Å²) in [7, 11) is 0. The van der Waals surface area contributed by atoms with Crippen molar-refractivity contribution in [3.63, 3.8) is 0 Å². The highest BCUT2D eigenvalue weighted by molar-refractivity contribution is 6.32. The molecule has 0 amide bonds. The number of hydrogen-bond donors (Lipinski definition) is 0. The predicted octanol–water partition coefficient (Wildman–Crippen LogP) is 3.88. The van der Waals surface area contributed by atoms with Crippen LogP contribution in [0.3, 0.4) is 0 Å². The highest BCUT2D eigenvalue weighted by atomic mass is 35.5. The number of hydrogen-bond acceptors (Lipinski definition) is 5. The van der Waals surface area contributed by atoms with Crippen molar-refractivity contribution in [2.45, 2.75) is 0 Å². The molecule has 0 aromatic heterocycles. The van der Waals surface area contributed by atoms with Crippen molar-refractivity contribution < 1.29 is 19.2 Å². The fraction of sp³-hybridized carbons (Fsp3) is 0.118. The number of benzene rings is 2. The van der Waals surface area contributed by atoms with E-state index in [1.165, 1.54) is 24.3 Å². The Kier molecular flexibility index (Phi) is 6.33. The molecule has 0 radical (unpaired) electrons. The zero-order valence-electron chi connectivity index (χ0n) is 12.6. The number of ether oxygens (including phenoxy) is 2. The maximum absolute atomic E-state index is 11.6. The highest BCUT2D eigenvalue weighted by Crippen LogP contribution is 2.25. The molecule has 0 bridgehead atoms. The van der Waals surface area contributed by atoms with Crippen molar-refractivity contribution in [2.24, 2.45) is 0 Å². The Morgan fingerprint density at radius 2 is 1.92 bits per heavy atom. The lowest BCUT2D eigenvalue weighted by Crippen LogP contribution is -2.10. The summed E-state index contributed by atoms with van der Waals surface area (Å²) in [6, 6.07) is 13.4. The zero-order chi connectivity index (χ0) is 17.4. The van der Waals surface area contributed by atoms with E-state index in [0.717, 1.165) is 0 Å². The largest absolute Gasteiger partial charge is 0.490 e. The Bertz CT molecular complexity index is 746. The molecule has 24 heavy (non-hydrogen) atoms. The first-order valence-corrected chi connectivity index (χ1v) is 7.40. The fourth-order valence-electron chi connectivity index (χ4n) is 1.80. The molecule has 0 fully saturated rings. The van der Waals surface area contributed by atoms with Gasteiger partial charge in [-0.15, -0.1) is 0 Å². The van der Waals surface area contributed by atoms with E-state index in [4.69, 9.17) is 21.1 Å². The van der Waals surface area contributed by atoms with Gasteiger partial charge in [0.25, 0.3) is 5.69 Å². The number of carbonyl (C=O) groups excluding carboxylic acids is 1. The summed E-state index contributed by atoms with van der Waals surface area (Å²) in [5, 5.41) is 10.8. The second-order valence-electron chi connectivity index (χ2n) is 4.63. The molecule has 0 aliphatic carbocycles. The molecule has 0 aliphatic heterocycles. The van der Waals surface area contributed by atoms with Crippen molar-refractivity contribution in [3.8, 4) is 5.75 Å². The maximum Gasteiger partial charge on any atom is 0.330 e. The first-order chi connectivity index (χ1) is 11.6. The maximum atomic E-state index is 11.6. The molecular formula is C17H14ClNO5. The van der Waals surface area contributed by atoms with Gasteiger partial charge in [0, 0.05) is 12.1 Å². The smallest absolute Gasteiger partial charge is 0.330 e. The minimum atomic E-state index is -0.584. The van der Waals surface area contributed by atoms with E-state index in [1.54, 1.807) is 18.2 Å². The van der Waals surface area contributed by atoms with Crippen LogP contribution >= 0.6 is 11.6 Å². The predicted molar refractivity (Wildman–Crippen MR) is 90.0 cm³/mol. The van der Waals surface area contributed by atoms with Gasteiger partial charge in [0.05, 0.1) is 4.92 Å². The molecule has 124 valence electrons. The van der Waals surface area contributed by atoms with Crippen LogP contribution in [-0.4, -0.2) is 24.1 Å². The van der Waals surface area contributed by atoms with Crippen LogP contribution in [0.5, 0.6) is 5.75 Å².